The molecule has 8 aromatic rings. The maximum atomic E-state index is 12.4. The Morgan fingerprint density at radius 1 is 0.404 bits per heavy atom. The molecule has 8 rings (SSSR count). The number of aliphatic hydroxyl groups excluding tert-OH is 1. The van der Waals surface area contributed by atoms with Gasteiger partial charge in [-0.1, -0.05) is 158 Å². The van der Waals surface area contributed by atoms with Crippen LogP contribution in [-0.2, 0) is 45.4 Å². The van der Waals surface area contributed by atoms with Gasteiger partial charge >= 0.3 is 0 Å². The average molecular weight is 757 g/mol. The van der Waals surface area contributed by atoms with E-state index >= 15 is 0 Å². The number of fused-ring (bicyclic) bond motifs is 2. The summed E-state index contributed by atoms with van der Waals surface area (Å²) in [5.74, 6) is -0.373. The fourth-order valence-corrected chi connectivity index (χ4v) is 7.67. The first kappa shape index (κ1) is 38.1. The van der Waals surface area contributed by atoms with Gasteiger partial charge in [-0.2, -0.15) is 0 Å². The Kier molecular flexibility index (Phi) is 12.6. The number of para-hydroxylation sites is 2. The molecule has 0 aliphatic carbocycles. The van der Waals surface area contributed by atoms with Crippen molar-refractivity contribution in [3.8, 4) is 0 Å². The highest BCUT2D eigenvalue weighted by Crippen LogP contribution is 2.41. The Balaban J connectivity index is 1.26. The van der Waals surface area contributed by atoms with Gasteiger partial charge < -0.3 is 34.0 Å². The number of aliphatic hydroxyl groups is 1. The van der Waals surface area contributed by atoms with Gasteiger partial charge in [-0.15, -0.1) is 0 Å². The van der Waals surface area contributed by atoms with Crippen molar-refractivity contribution in [1.82, 2.24) is 9.97 Å². The lowest BCUT2D eigenvalue weighted by Crippen LogP contribution is -2.52. The topological polar surface area (TPSA) is 88.7 Å². The van der Waals surface area contributed by atoms with E-state index in [0.717, 1.165) is 55.2 Å². The first-order chi connectivity index (χ1) is 28.2. The lowest BCUT2D eigenvalue weighted by molar-refractivity contribution is -0.190. The van der Waals surface area contributed by atoms with E-state index in [1.165, 1.54) is 0 Å². The molecule has 0 saturated carbocycles. The van der Waals surface area contributed by atoms with E-state index in [0.29, 0.717) is 13.2 Å². The molecule has 0 radical (unpaired) electrons. The Bertz CT molecular complexity index is 2320. The summed E-state index contributed by atoms with van der Waals surface area (Å²) in [6.07, 6.45) is 0.764. The first-order valence-electron chi connectivity index (χ1n) is 19.6. The first-order valence-corrected chi connectivity index (χ1v) is 19.6. The SMILES string of the molecule is O[C@H](COCc1ccccc1)[C@@H](OCc1ccccc1)[C@H](OCc1ccccc1)[C@@H](OCc1ccccc1)C(c1c[nH]c2ccccc12)c1c[nH]c2ccccc12. The van der Waals surface area contributed by atoms with Gasteiger partial charge in [0.2, 0.25) is 0 Å². The van der Waals surface area contributed by atoms with Gasteiger partial charge in [-0.05, 0) is 45.5 Å². The second-order valence-corrected chi connectivity index (χ2v) is 14.4. The van der Waals surface area contributed by atoms with Gasteiger partial charge in [-0.3, -0.25) is 0 Å². The predicted octanol–water partition coefficient (Wildman–Crippen LogP) is 10.1. The summed E-state index contributed by atoms with van der Waals surface area (Å²) in [7, 11) is 0. The van der Waals surface area contributed by atoms with Crippen molar-refractivity contribution >= 4 is 21.8 Å². The molecule has 7 nitrogen and oxygen atoms in total. The van der Waals surface area contributed by atoms with Crippen molar-refractivity contribution in [2.75, 3.05) is 6.61 Å². The minimum absolute atomic E-state index is 0.0236. The standard InChI is InChI=1S/C50H48N2O5/c53-46(35-54-31-36-17-5-1-6-18-36)48(55-32-37-19-7-2-8-20-37)50(57-34-39-23-11-4-12-24-39)49(56-33-38-21-9-3-10-22-38)47(42-29-51-44-27-15-13-25-40(42)44)43-30-52-45-28-16-14-26-41(43)45/h1-30,46-53H,31-35H2/t46-,48-,49+,50+/m1/s1. The highest BCUT2D eigenvalue weighted by molar-refractivity contribution is 5.88. The van der Waals surface area contributed by atoms with E-state index in [2.05, 4.69) is 70.9 Å². The molecular formula is C50H48N2O5. The molecule has 0 saturated heterocycles. The number of rotatable bonds is 19. The molecule has 3 N–H and O–H groups in total. The van der Waals surface area contributed by atoms with Crippen molar-refractivity contribution in [2.45, 2.75) is 56.8 Å². The van der Waals surface area contributed by atoms with E-state index in [-0.39, 0.29) is 25.7 Å². The Morgan fingerprint density at radius 3 is 1.23 bits per heavy atom. The van der Waals surface area contributed by atoms with Crippen molar-refractivity contribution in [2.24, 2.45) is 0 Å². The van der Waals surface area contributed by atoms with E-state index in [9.17, 15) is 5.11 Å². The number of ether oxygens (including phenoxy) is 4. The number of nitrogens with one attached hydrogen (secondary N) is 2. The number of aromatic nitrogens is 2. The second-order valence-electron chi connectivity index (χ2n) is 14.4. The number of aromatic amines is 2. The van der Waals surface area contributed by atoms with Crippen LogP contribution in [0.15, 0.2) is 182 Å². The third-order valence-electron chi connectivity index (χ3n) is 10.5. The molecule has 0 aliphatic rings. The molecule has 2 heterocycles. The quantitative estimate of drug-likeness (QED) is 0.0765. The van der Waals surface area contributed by atoms with Crippen LogP contribution < -0.4 is 0 Å². The zero-order valence-electron chi connectivity index (χ0n) is 31.8. The van der Waals surface area contributed by atoms with Crippen molar-refractivity contribution in [3.63, 3.8) is 0 Å². The molecule has 6 aromatic carbocycles. The molecule has 0 spiro atoms. The average Bonchev–Trinajstić information content (AvgIpc) is 3.90. The Hall–Kier alpha value is -5.80. The summed E-state index contributed by atoms with van der Waals surface area (Å²) >= 11 is 0. The molecule has 2 aromatic heterocycles. The summed E-state index contributed by atoms with van der Waals surface area (Å²) in [5, 5.41) is 14.5. The van der Waals surface area contributed by atoms with Crippen LogP contribution in [0.5, 0.6) is 0 Å². The summed E-state index contributed by atoms with van der Waals surface area (Å²) in [5.41, 5.74) is 8.17. The predicted molar refractivity (Wildman–Crippen MR) is 226 cm³/mol. The molecule has 7 heteroatoms. The molecule has 4 atom stereocenters. The maximum Gasteiger partial charge on any atom is 0.115 e. The van der Waals surface area contributed by atoms with Gasteiger partial charge in [0, 0.05) is 40.1 Å². The summed E-state index contributed by atoms with van der Waals surface area (Å²) in [6, 6.07) is 57.0. The summed E-state index contributed by atoms with van der Waals surface area (Å²) in [4.78, 5) is 7.08. The van der Waals surface area contributed by atoms with Crippen LogP contribution in [0.2, 0.25) is 0 Å². The molecule has 57 heavy (non-hydrogen) atoms. The van der Waals surface area contributed by atoms with E-state index in [4.69, 9.17) is 18.9 Å². The minimum atomic E-state index is -1.08. The number of benzene rings is 6. The lowest BCUT2D eigenvalue weighted by atomic mass is 9.81. The number of H-pyrrole nitrogens is 2. The Morgan fingerprint density at radius 2 is 0.772 bits per heavy atom. The van der Waals surface area contributed by atoms with Crippen LogP contribution in [0.1, 0.15) is 39.3 Å². The van der Waals surface area contributed by atoms with Crippen LogP contribution in [-0.4, -0.2) is 46.1 Å². The van der Waals surface area contributed by atoms with Gasteiger partial charge in [0.05, 0.1) is 39.1 Å². The monoisotopic (exact) mass is 756 g/mol. The van der Waals surface area contributed by atoms with Gasteiger partial charge in [-0.25, -0.2) is 0 Å². The normalized spacial score (nSPS) is 13.9. The molecule has 0 amide bonds. The third kappa shape index (κ3) is 9.43. The molecule has 0 aliphatic heterocycles. The molecule has 0 unspecified atom stereocenters. The van der Waals surface area contributed by atoms with Gasteiger partial charge in [0.1, 0.15) is 18.3 Å². The minimum Gasteiger partial charge on any atom is -0.388 e. The number of hydrogen-bond donors (Lipinski definition) is 3. The second kappa shape index (κ2) is 18.9. The van der Waals surface area contributed by atoms with Crippen LogP contribution >= 0.6 is 0 Å². The summed E-state index contributed by atoms with van der Waals surface area (Å²) < 4.78 is 27.5. The Labute approximate surface area is 333 Å². The largest absolute Gasteiger partial charge is 0.388 e. The van der Waals surface area contributed by atoms with Crippen molar-refractivity contribution in [1.29, 1.82) is 0 Å². The third-order valence-corrected chi connectivity index (χ3v) is 10.5. The lowest BCUT2D eigenvalue weighted by Gasteiger charge is -2.39. The molecule has 0 fully saturated rings. The molecular weight excluding hydrogens is 709 g/mol. The fourth-order valence-electron chi connectivity index (χ4n) is 7.67. The van der Waals surface area contributed by atoms with E-state index in [1.54, 1.807) is 0 Å². The highest BCUT2D eigenvalue weighted by atomic mass is 16.6. The van der Waals surface area contributed by atoms with Crippen LogP contribution in [0.3, 0.4) is 0 Å². The van der Waals surface area contributed by atoms with Crippen LogP contribution in [0.25, 0.3) is 21.8 Å². The van der Waals surface area contributed by atoms with Crippen LogP contribution in [0.4, 0.5) is 0 Å². The molecule has 0 bridgehead atoms. The maximum absolute atomic E-state index is 12.4. The van der Waals surface area contributed by atoms with Crippen molar-refractivity contribution < 1.29 is 24.1 Å². The van der Waals surface area contributed by atoms with Gasteiger partial charge in [0.15, 0.2) is 0 Å². The van der Waals surface area contributed by atoms with Crippen molar-refractivity contribution in [3.05, 3.63) is 216 Å². The smallest absolute Gasteiger partial charge is 0.115 e. The fraction of sp³-hybridized carbons (Fsp3) is 0.200. The zero-order chi connectivity index (χ0) is 38.7. The van der Waals surface area contributed by atoms with Gasteiger partial charge in [0.25, 0.3) is 0 Å². The summed E-state index contributed by atoms with van der Waals surface area (Å²) in [6.45, 7) is 1.20. The van der Waals surface area contributed by atoms with Crippen LogP contribution in [0, 0.1) is 0 Å². The van der Waals surface area contributed by atoms with E-state index in [1.807, 2.05) is 121 Å². The highest BCUT2D eigenvalue weighted by Gasteiger charge is 2.43. The number of hydrogen-bond acceptors (Lipinski definition) is 5. The zero-order valence-corrected chi connectivity index (χ0v) is 31.8. The van der Waals surface area contributed by atoms with E-state index < -0.39 is 24.4 Å². The molecule has 288 valence electrons.